The van der Waals surface area contributed by atoms with Crippen LogP contribution in [0.2, 0.25) is 0 Å². The van der Waals surface area contributed by atoms with Gasteiger partial charge in [-0.3, -0.25) is 0 Å². The van der Waals surface area contributed by atoms with Gasteiger partial charge in [0, 0.05) is 17.5 Å². The minimum atomic E-state index is 0.671. The molecule has 0 unspecified atom stereocenters. The summed E-state index contributed by atoms with van der Waals surface area (Å²) in [4.78, 5) is 4.34. The van der Waals surface area contributed by atoms with Gasteiger partial charge in [0.25, 0.3) is 0 Å². The highest BCUT2D eigenvalue weighted by atomic mass is 32.2. The van der Waals surface area contributed by atoms with Gasteiger partial charge in [0.2, 0.25) is 11.8 Å². The van der Waals surface area contributed by atoms with Crippen LogP contribution in [0.15, 0.2) is 14.1 Å². The summed E-state index contributed by atoms with van der Waals surface area (Å²) < 4.78 is 6.44. The highest BCUT2D eigenvalue weighted by molar-refractivity contribution is 8.00. The summed E-state index contributed by atoms with van der Waals surface area (Å²) in [5, 5.41) is 9.89. The molecule has 6 heteroatoms. The first-order valence-electron chi connectivity index (χ1n) is 4.64. The van der Waals surface area contributed by atoms with Crippen molar-refractivity contribution in [2.45, 2.75) is 30.4 Å². The van der Waals surface area contributed by atoms with E-state index < -0.39 is 0 Å². The zero-order valence-corrected chi connectivity index (χ0v) is 10.2. The maximum absolute atomic E-state index is 5.40. The predicted octanol–water partition coefficient (Wildman–Crippen LogP) is 2.69. The molecule has 0 atom stereocenters. The van der Waals surface area contributed by atoms with Crippen molar-refractivity contribution in [2.24, 2.45) is 0 Å². The molecule has 15 heavy (non-hydrogen) atoms. The van der Waals surface area contributed by atoms with Gasteiger partial charge in [0.1, 0.15) is 0 Å². The van der Waals surface area contributed by atoms with Gasteiger partial charge < -0.3 is 4.42 Å². The van der Waals surface area contributed by atoms with E-state index in [4.69, 9.17) is 4.42 Å². The lowest BCUT2D eigenvalue weighted by Gasteiger charge is -1.90. The number of thioether (sulfide) groups is 1. The summed E-state index contributed by atoms with van der Waals surface area (Å²) in [6.45, 7) is 3.98. The molecule has 0 fully saturated rings. The minimum absolute atomic E-state index is 0.671. The summed E-state index contributed by atoms with van der Waals surface area (Å²) in [7, 11) is 0. The molecule has 0 aliphatic carbocycles. The van der Waals surface area contributed by atoms with E-state index in [2.05, 4.69) is 15.2 Å². The largest absolute Gasteiger partial charge is 0.424 e. The molecule has 0 saturated carbocycles. The Kier molecular flexibility index (Phi) is 3.37. The Hall–Kier alpha value is -0.880. The second-order valence-electron chi connectivity index (χ2n) is 2.99. The topological polar surface area (TPSA) is 51.8 Å². The Morgan fingerprint density at radius 3 is 2.80 bits per heavy atom. The van der Waals surface area contributed by atoms with E-state index >= 15 is 0 Å². The van der Waals surface area contributed by atoms with Crippen molar-refractivity contribution in [3.8, 4) is 0 Å². The average molecular weight is 241 g/mol. The van der Waals surface area contributed by atoms with Crippen LogP contribution >= 0.6 is 23.1 Å². The smallest absolute Gasteiger partial charge is 0.226 e. The van der Waals surface area contributed by atoms with Gasteiger partial charge in [-0.1, -0.05) is 18.7 Å². The van der Waals surface area contributed by atoms with Gasteiger partial charge in [0.05, 0.1) is 5.75 Å². The molecule has 0 aromatic carbocycles. The number of aryl methyl sites for hydroxylation is 2. The van der Waals surface area contributed by atoms with Crippen LogP contribution in [-0.4, -0.2) is 15.2 Å². The lowest BCUT2D eigenvalue weighted by Crippen LogP contribution is -1.80. The highest BCUT2D eigenvalue weighted by Gasteiger charge is 2.06. The van der Waals surface area contributed by atoms with Crippen molar-refractivity contribution < 1.29 is 4.42 Å². The van der Waals surface area contributed by atoms with Gasteiger partial charge in [-0.2, -0.15) is 0 Å². The number of thiazole rings is 1. The molecule has 0 amide bonds. The summed E-state index contributed by atoms with van der Waals surface area (Å²) in [6, 6.07) is 0. The fourth-order valence-corrected chi connectivity index (χ4v) is 2.70. The normalized spacial score (nSPS) is 10.8. The fraction of sp³-hybridized carbons (Fsp3) is 0.444. The number of hydrogen-bond donors (Lipinski definition) is 0. The number of hydrogen-bond acceptors (Lipinski definition) is 6. The lowest BCUT2D eigenvalue weighted by molar-refractivity contribution is 0.470. The molecular weight excluding hydrogens is 230 g/mol. The Morgan fingerprint density at radius 1 is 1.40 bits per heavy atom. The van der Waals surface area contributed by atoms with Crippen molar-refractivity contribution in [3.05, 3.63) is 22.9 Å². The number of rotatable bonds is 4. The molecule has 80 valence electrons. The van der Waals surface area contributed by atoms with E-state index in [-0.39, 0.29) is 0 Å². The molecule has 4 nitrogen and oxygen atoms in total. The summed E-state index contributed by atoms with van der Waals surface area (Å²) >= 11 is 3.27. The Morgan fingerprint density at radius 2 is 2.20 bits per heavy atom. The lowest BCUT2D eigenvalue weighted by atomic mass is 10.5. The van der Waals surface area contributed by atoms with E-state index in [1.807, 2.05) is 19.2 Å². The van der Waals surface area contributed by atoms with Gasteiger partial charge in [-0.05, 0) is 6.92 Å². The minimum Gasteiger partial charge on any atom is -0.424 e. The highest BCUT2D eigenvalue weighted by Crippen LogP contribution is 2.25. The molecule has 2 aromatic rings. The molecule has 0 spiro atoms. The summed E-state index contributed by atoms with van der Waals surface area (Å²) in [6.07, 6.45) is 0.786. The fourth-order valence-electron chi connectivity index (χ4n) is 1.01. The number of aromatic nitrogens is 3. The molecule has 2 heterocycles. The maximum atomic E-state index is 5.40. The van der Waals surface area contributed by atoms with Crippen LogP contribution in [0.5, 0.6) is 0 Å². The standard InChI is InChI=1S/C9H11N3OS2/c1-3-7-11-12-8(13-7)5-15-9-10-6(2)4-14-9/h4H,3,5H2,1-2H3. The second kappa shape index (κ2) is 4.76. The molecular formula is C9H11N3OS2. The van der Waals surface area contributed by atoms with Crippen LogP contribution in [0.4, 0.5) is 0 Å². The Balaban J connectivity index is 1.93. The Bertz CT molecular complexity index is 438. The summed E-state index contributed by atoms with van der Waals surface area (Å²) in [5.41, 5.74) is 1.06. The van der Waals surface area contributed by atoms with Crippen molar-refractivity contribution in [1.29, 1.82) is 0 Å². The molecule has 0 aliphatic rings. The molecule has 2 rings (SSSR count). The summed E-state index contributed by atoms with van der Waals surface area (Å²) in [5.74, 6) is 2.06. The molecule has 0 saturated heterocycles. The van der Waals surface area contributed by atoms with Crippen molar-refractivity contribution in [3.63, 3.8) is 0 Å². The van der Waals surface area contributed by atoms with E-state index in [1.54, 1.807) is 23.1 Å². The maximum Gasteiger partial charge on any atom is 0.226 e. The van der Waals surface area contributed by atoms with Crippen molar-refractivity contribution in [2.75, 3.05) is 0 Å². The van der Waals surface area contributed by atoms with Crippen LogP contribution < -0.4 is 0 Å². The van der Waals surface area contributed by atoms with Crippen LogP contribution in [0.1, 0.15) is 24.4 Å². The molecule has 0 N–H and O–H groups in total. The van der Waals surface area contributed by atoms with Gasteiger partial charge in [-0.15, -0.1) is 21.5 Å². The average Bonchev–Trinajstić information content (AvgIpc) is 2.83. The third kappa shape index (κ3) is 2.79. The van der Waals surface area contributed by atoms with Gasteiger partial charge >= 0.3 is 0 Å². The van der Waals surface area contributed by atoms with Crippen molar-refractivity contribution >= 4 is 23.1 Å². The monoisotopic (exact) mass is 241 g/mol. The second-order valence-corrected chi connectivity index (χ2v) is 5.07. The SMILES string of the molecule is CCc1nnc(CSc2nc(C)cs2)o1. The first kappa shape index (κ1) is 10.6. The Labute approximate surface area is 96.1 Å². The van der Waals surface area contributed by atoms with Crippen LogP contribution in [0, 0.1) is 6.92 Å². The van der Waals surface area contributed by atoms with Crippen molar-refractivity contribution in [1.82, 2.24) is 15.2 Å². The zero-order valence-electron chi connectivity index (χ0n) is 8.56. The van der Waals surface area contributed by atoms with Gasteiger partial charge in [-0.25, -0.2) is 4.98 Å². The number of nitrogens with zero attached hydrogens (tertiary/aromatic N) is 3. The van der Waals surface area contributed by atoms with E-state index in [1.165, 1.54) is 0 Å². The molecule has 0 aliphatic heterocycles. The van der Waals surface area contributed by atoms with Crippen LogP contribution in [-0.2, 0) is 12.2 Å². The predicted molar refractivity (Wildman–Crippen MR) is 60.1 cm³/mol. The molecule has 2 aromatic heterocycles. The van der Waals surface area contributed by atoms with E-state index in [0.29, 0.717) is 17.5 Å². The third-order valence-corrected chi connectivity index (χ3v) is 3.85. The third-order valence-electron chi connectivity index (χ3n) is 1.73. The van der Waals surface area contributed by atoms with Crippen LogP contribution in [0.25, 0.3) is 0 Å². The first-order valence-corrected chi connectivity index (χ1v) is 6.50. The van der Waals surface area contributed by atoms with Gasteiger partial charge in [0.15, 0.2) is 4.34 Å². The quantitative estimate of drug-likeness (QED) is 0.770. The molecule has 0 bridgehead atoms. The van der Waals surface area contributed by atoms with E-state index in [9.17, 15) is 0 Å². The van der Waals surface area contributed by atoms with E-state index in [0.717, 1.165) is 16.5 Å². The first-order chi connectivity index (χ1) is 7.28. The molecule has 0 radical (unpaired) electrons. The zero-order chi connectivity index (χ0) is 10.7. The van der Waals surface area contributed by atoms with Crippen LogP contribution in [0.3, 0.4) is 0 Å².